The minimum absolute atomic E-state index is 0.283. The highest BCUT2D eigenvalue weighted by molar-refractivity contribution is 5.42. The van der Waals surface area contributed by atoms with Crippen LogP contribution < -0.4 is 5.73 Å². The summed E-state index contributed by atoms with van der Waals surface area (Å²) in [5.41, 5.74) is 9.86. The minimum Gasteiger partial charge on any atom is -0.403 e. The van der Waals surface area contributed by atoms with Crippen molar-refractivity contribution in [3.8, 4) is 6.07 Å². The summed E-state index contributed by atoms with van der Waals surface area (Å²) in [7, 11) is 0. The van der Waals surface area contributed by atoms with Crippen LogP contribution in [0.3, 0.4) is 0 Å². The van der Waals surface area contributed by atoms with Gasteiger partial charge in [-0.25, -0.2) is 0 Å². The van der Waals surface area contributed by atoms with E-state index in [0.29, 0.717) is 0 Å². The number of benzene rings is 1. The zero-order valence-electron chi connectivity index (χ0n) is 11.3. The summed E-state index contributed by atoms with van der Waals surface area (Å²) in [6.45, 7) is 5.94. The molecule has 1 atom stereocenters. The third-order valence-electron chi connectivity index (χ3n) is 3.75. The van der Waals surface area contributed by atoms with Gasteiger partial charge in [0.15, 0.2) is 0 Å². The molecule has 1 aromatic carbocycles. The Hall–Kier alpha value is -2.21. The second kappa shape index (κ2) is 5.62. The number of hydrogen-bond acceptors (Lipinski definition) is 3. The Morgan fingerprint density at radius 3 is 2.95 bits per heavy atom. The number of hydrogen-bond donors (Lipinski definition) is 1. The summed E-state index contributed by atoms with van der Waals surface area (Å²) in [4.78, 5) is 2.13. The topological polar surface area (TPSA) is 53.0 Å². The van der Waals surface area contributed by atoms with Gasteiger partial charge in [0.25, 0.3) is 0 Å². The van der Waals surface area contributed by atoms with E-state index < -0.39 is 0 Å². The number of rotatable bonds is 3. The van der Waals surface area contributed by atoms with Crippen LogP contribution in [0.5, 0.6) is 0 Å². The SMILES string of the molecule is C=CN1/C(=C\N)CCC1c1ccc(C#N)c(CC)c1. The zero-order chi connectivity index (χ0) is 13.8. The molecule has 2 N–H and O–H groups in total. The maximum absolute atomic E-state index is 9.08. The van der Waals surface area contributed by atoms with Crippen molar-refractivity contribution in [1.29, 1.82) is 5.26 Å². The molecule has 0 amide bonds. The van der Waals surface area contributed by atoms with Gasteiger partial charge in [0.05, 0.1) is 17.7 Å². The molecule has 19 heavy (non-hydrogen) atoms. The number of nitrogens with two attached hydrogens (primary N) is 1. The van der Waals surface area contributed by atoms with Crippen molar-refractivity contribution < 1.29 is 0 Å². The van der Waals surface area contributed by atoms with Crippen LogP contribution in [0.15, 0.2) is 42.9 Å². The molecule has 1 fully saturated rings. The fourth-order valence-corrected chi connectivity index (χ4v) is 2.72. The van der Waals surface area contributed by atoms with Crippen molar-refractivity contribution >= 4 is 0 Å². The molecule has 0 aliphatic carbocycles. The fraction of sp³-hybridized carbons (Fsp3) is 0.312. The highest BCUT2D eigenvalue weighted by Crippen LogP contribution is 2.38. The Morgan fingerprint density at radius 1 is 1.58 bits per heavy atom. The van der Waals surface area contributed by atoms with Gasteiger partial charge in [-0.15, -0.1) is 0 Å². The summed E-state index contributed by atoms with van der Waals surface area (Å²) in [5.74, 6) is 0. The molecule has 2 rings (SSSR count). The lowest BCUT2D eigenvalue weighted by atomic mass is 9.97. The summed E-state index contributed by atoms with van der Waals surface area (Å²) < 4.78 is 0. The van der Waals surface area contributed by atoms with E-state index >= 15 is 0 Å². The lowest BCUT2D eigenvalue weighted by molar-refractivity contribution is 0.402. The molecule has 1 aromatic rings. The molecule has 0 aromatic heterocycles. The molecule has 1 heterocycles. The monoisotopic (exact) mass is 253 g/mol. The van der Waals surface area contributed by atoms with E-state index in [4.69, 9.17) is 11.0 Å². The molecule has 0 bridgehead atoms. The smallest absolute Gasteiger partial charge is 0.0994 e. The van der Waals surface area contributed by atoms with Gasteiger partial charge in [0, 0.05) is 11.9 Å². The third kappa shape index (κ3) is 2.34. The molecule has 3 nitrogen and oxygen atoms in total. The zero-order valence-corrected chi connectivity index (χ0v) is 11.3. The van der Waals surface area contributed by atoms with Gasteiger partial charge in [-0.3, -0.25) is 0 Å². The Morgan fingerprint density at radius 2 is 2.37 bits per heavy atom. The first-order valence-electron chi connectivity index (χ1n) is 6.59. The van der Waals surface area contributed by atoms with Crippen LogP contribution in [0.25, 0.3) is 0 Å². The van der Waals surface area contributed by atoms with Crippen LogP contribution in [0.4, 0.5) is 0 Å². The third-order valence-corrected chi connectivity index (χ3v) is 3.75. The molecule has 3 heteroatoms. The molecule has 1 aliphatic heterocycles. The fourth-order valence-electron chi connectivity index (χ4n) is 2.72. The van der Waals surface area contributed by atoms with Crippen molar-refractivity contribution in [2.75, 3.05) is 0 Å². The molecule has 1 saturated heterocycles. The lowest BCUT2D eigenvalue weighted by Crippen LogP contribution is -2.16. The van der Waals surface area contributed by atoms with Crippen LogP contribution in [0.2, 0.25) is 0 Å². The van der Waals surface area contributed by atoms with Gasteiger partial charge >= 0.3 is 0 Å². The second-order valence-corrected chi connectivity index (χ2v) is 4.68. The van der Waals surface area contributed by atoms with Crippen LogP contribution in [0, 0.1) is 11.3 Å². The first-order valence-corrected chi connectivity index (χ1v) is 6.59. The Labute approximate surface area is 114 Å². The summed E-state index contributed by atoms with van der Waals surface area (Å²) >= 11 is 0. The first-order chi connectivity index (χ1) is 9.24. The Balaban J connectivity index is 2.38. The molecular weight excluding hydrogens is 234 g/mol. The largest absolute Gasteiger partial charge is 0.403 e. The van der Waals surface area contributed by atoms with E-state index in [2.05, 4.69) is 30.5 Å². The first kappa shape index (κ1) is 13.2. The average molecular weight is 253 g/mol. The van der Waals surface area contributed by atoms with Crippen molar-refractivity contribution in [3.63, 3.8) is 0 Å². The summed E-state index contributed by atoms with van der Waals surface area (Å²) in [6, 6.07) is 8.62. The number of nitrogens with zero attached hydrogens (tertiary/aromatic N) is 2. The molecule has 98 valence electrons. The maximum atomic E-state index is 9.08. The van der Waals surface area contributed by atoms with E-state index in [1.807, 2.05) is 18.3 Å². The lowest BCUT2D eigenvalue weighted by Gasteiger charge is -2.24. The Kier molecular flexibility index (Phi) is 3.91. The standard InChI is InChI=1S/C16H19N3/c1-3-12-9-13(5-6-14(12)10-17)16-8-7-15(11-18)19(16)4-2/h4-6,9,11,16H,2-3,7-8,18H2,1H3/b15-11-. The van der Waals surface area contributed by atoms with Crippen molar-refractivity contribution in [3.05, 3.63) is 59.6 Å². The van der Waals surface area contributed by atoms with E-state index in [0.717, 1.165) is 36.1 Å². The van der Waals surface area contributed by atoms with Crippen molar-refractivity contribution in [2.24, 2.45) is 5.73 Å². The molecular formula is C16H19N3. The van der Waals surface area contributed by atoms with Crippen LogP contribution >= 0.6 is 0 Å². The number of allylic oxidation sites excluding steroid dienone is 1. The highest BCUT2D eigenvalue weighted by Gasteiger charge is 2.27. The number of aryl methyl sites for hydroxylation is 1. The summed E-state index contributed by atoms with van der Waals surface area (Å²) in [5, 5.41) is 9.08. The summed E-state index contributed by atoms with van der Waals surface area (Å²) in [6.07, 6.45) is 6.36. The Bertz CT molecular complexity index is 552. The van der Waals surface area contributed by atoms with Gasteiger partial charge < -0.3 is 10.6 Å². The van der Waals surface area contributed by atoms with Crippen LogP contribution in [-0.2, 0) is 6.42 Å². The van der Waals surface area contributed by atoms with E-state index in [9.17, 15) is 0 Å². The normalized spacial score (nSPS) is 20.5. The molecule has 1 aliphatic rings. The highest BCUT2D eigenvalue weighted by atomic mass is 15.2. The molecule has 0 radical (unpaired) electrons. The average Bonchev–Trinajstić information content (AvgIpc) is 2.89. The quantitative estimate of drug-likeness (QED) is 0.900. The van der Waals surface area contributed by atoms with Crippen molar-refractivity contribution in [2.45, 2.75) is 32.2 Å². The predicted molar refractivity (Wildman–Crippen MR) is 76.8 cm³/mol. The van der Waals surface area contributed by atoms with Crippen molar-refractivity contribution in [1.82, 2.24) is 4.90 Å². The van der Waals surface area contributed by atoms with E-state index in [-0.39, 0.29) is 6.04 Å². The number of likely N-dealkylation sites (tertiary alicyclic amines) is 1. The van der Waals surface area contributed by atoms with Crippen LogP contribution in [0.1, 0.15) is 42.5 Å². The van der Waals surface area contributed by atoms with Gasteiger partial charge in [-0.2, -0.15) is 5.26 Å². The van der Waals surface area contributed by atoms with E-state index in [1.165, 1.54) is 5.56 Å². The molecule has 0 spiro atoms. The predicted octanol–water partition coefficient (Wildman–Crippen LogP) is 3.20. The number of nitriles is 1. The maximum Gasteiger partial charge on any atom is 0.0994 e. The van der Waals surface area contributed by atoms with Gasteiger partial charge in [-0.05, 0) is 42.7 Å². The second-order valence-electron chi connectivity index (χ2n) is 4.68. The van der Waals surface area contributed by atoms with Gasteiger partial charge in [-0.1, -0.05) is 25.6 Å². The van der Waals surface area contributed by atoms with Gasteiger partial charge in [0.1, 0.15) is 0 Å². The van der Waals surface area contributed by atoms with Gasteiger partial charge in [0.2, 0.25) is 0 Å². The van der Waals surface area contributed by atoms with E-state index in [1.54, 1.807) is 6.20 Å². The van der Waals surface area contributed by atoms with Crippen LogP contribution in [-0.4, -0.2) is 4.90 Å². The molecule has 1 unspecified atom stereocenters. The molecule has 0 saturated carbocycles. The minimum atomic E-state index is 0.283.